The SMILES string of the molecule is CN(Cc1ccccc1N1CCCC1)C(=O)c1ccn(C2CCCNC2)n1. The van der Waals surface area contributed by atoms with E-state index < -0.39 is 0 Å². The Bertz CT molecular complexity index is 774. The fraction of sp³-hybridized carbons (Fsp3) is 0.524. The third-order valence-corrected chi connectivity index (χ3v) is 5.67. The van der Waals surface area contributed by atoms with Crippen molar-refractivity contribution in [2.75, 3.05) is 38.1 Å². The van der Waals surface area contributed by atoms with E-state index >= 15 is 0 Å². The summed E-state index contributed by atoms with van der Waals surface area (Å²) in [6, 6.07) is 10.6. The summed E-state index contributed by atoms with van der Waals surface area (Å²) in [6.45, 7) is 4.81. The summed E-state index contributed by atoms with van der Waals surface area (Å²) in [7, 11) is 1.87. The van der Waals surface area contributed by atoms with Gasteiger partial charge in [0.15, 0.2) is 0 Å². The topological polar surface area (TPSA) is 53.4 Å². The van der Waals surface area contributed by atoms with Gasteiger partial charge in [0.1, 0.15) is 5.69 Å². The third kappa shape index (κ3) is 4.00. The van der Waals surface area contributed by atoms with E-state index in [-0.39, 0.29) is 5.91 Å². The molecule has 0 bridgehead atoms. The number of para-hydroxylation sites is 1. The Balaban J connectivity index is 1.45. The van der Waals surface area contributed by atoms with E-state index in [1.165, 1.54) is 24.1 Å². The molecule has 3 heterocycles. The monoisotopic (exact) mass is 367 g/mol. The van der Waals surface area contributed by atoms with Crippen LogP contribution < -0.4 is 10.2 Å². The molecule has 2 fully saturated rings. The molecule has 1 aromatic carbocycles. The van der Waals surface area contributed by atoms with Crippen molar-refractivity contribution in [2.45, 2.75) is 38.3 Å². The number of amides is 1. The van der Waals surface area contributed by atoms with Gasteiger partial charge in [0.05, 0.1) is 6.04 Å². The van der Waals surface area contributed by atoms with Gasteiger partial charge >= 0.3 is 0 Å². The van der Waals surface area contributed by atoms with Gasteiger partial charge in [-0.05, 0) is 49.9 Å². The summed E-state index contributed by atoms with van der Waals surface area (Å²) in [4.78, 5) is 17.1. The molecule has 2 aliphatic rings. The molecule has 1 aromatic heterocycles. The Morgan fingerprint density at radius 3 is 2.81 bits per heavy atom. The second-order valence-electron chi connectivity index (χ2n) is 7.67. The third-order valence-electron chi connectivity index (χ3n) is 5.67. The van der Waals surface area contributed by atoms with Crippen molar-refractivity contribution < 1.29 is 4.79 Å². The quantitative estimate of drug-likeness (QED) is 0.883. The van der Waals surface area contributed by atoms with Crippen LogP contribution >= 0.6 is 0 Å². The molecular weight excluding hydrogens is 338 g/mol. The van der Waals surface area contributed by atoms with E-state index in [2.05, 4.69) is 39.6 Å². The minimum atomic E-state index is -0.0197. The Labute approximate surface area is 161 Å². The van der Waals surface area contributed by atoms with Crippen molar-refractivity contribution in [3.63, 3.8) is 0 Å². The Morgan fingerprint density at radius 2 is 2.04 bits per heavy atom. The maximum atomic E-state index is 12.9. The van der Waals surface area contributed by atoms with Crippen LogP contribution in [0.3, 0.4) is 0 Å². The number of rotatable bonds is 5. The van der Waals surface area contributed by atoms with E-state index in [4.69, 9.17) is 0 Å². The lowest BCUT2D eigenvalue weighted by Gasteiger charge is -2.24. The fourth-order valence-electron chi connectivity index (χ4n) is 4.15. The second-order valence-corrected chi connectivity index (χ2v) is 7.67. The normalized spacial score (nSPS) is 20.0. The van der Waals surface area contributed by atoms with E-state index in [1.54, 1.807) is 4.90 Å². The molecule has 2 aromatic rings. The highest BCUT2D eigenvalue weighted by Gasteiger charge is 2.21. The number of anilines is 1. The minimum absolute atomic E-state index is 0.0197. The molecule has 1 amide bonds. The van der Waals surface area contributed by atoms with Crippen LogP contribution in [0.25, 0.3) is 0 Å². The predicted octanol–water partition coefficient (Wildman–Crippen LogP) is 2.68. The number of carbonyl (C=O) groups is 1. The van der Waals surface area contributed by atoms with Gasteiger partial charge in [-0.15, -0.1) is 0 Å². The van der Waals surface area contributed by atoms with E-state index in [0.29, 0.717) is 18.3 Å². The van der Waals surface area contributed by atoms with Crippen LogP contribution in [-0.4, -0.2) is 53.8 Å². The molecule has 6 nitrogen and oxygen atoms in total. The molecule has 27 heavy (non-hydrogen) atoms. The zero-order chi connectivity index (χ0) is 18.6. The molecule has 0 saturated carbocycles. The summed E-state index contributed by atoms with van der Waals surface area (Å²) >= 11 is 0. The average molecular weight is 367 g/mol. The molecule has 0 spiro atoms. The molecule has 6 heteroatoms. The molecule has 1 unspecified atom stereocenters. The molecule has 0 radical (unpaired) electrons. The Morgan fingerprint density at radius 1 is 1.22 bits per heavy atom. The predicted molar refractivity (Wildman–Crippen MR) is 107 cm³/mol. The standard InChI is InChI=1S/C21H29N5O/c1-24(16-17-7-2-3-9-20(17)25-12-4-5-13-25)21(27)19-10-14-26(23-19)18-8-6-11-22-15-18/h2-3,7,9-10,14,18,22H,4-6,8,11-13,15-16H2,1H3. The second kappa shape index (κ2) is 8.13. The van der Waals surface area contributed by atoms with Crippen molar-refractivity contribution in [1.82, 2.24) is 20.0 Å². The molecular formula is C21H29N5O. The van der Waals surface area contributed by atoms with Crippen LogP contribution in [0, 0.1) is 0 Å². The van der Waals surface area contributed by atoms with Gasteiger partial charge in [-0.25, -0.2) is 0 Å². The lowest BCUT2D eigenvalue weighted by molar-refractivity contribution is 0.0778. The van der Waals surface area contributed by atoms with E-state index in [9.17, 15) is 4.79 Å². The molecule has 0 aliphatic carbocycles. The highest BCUT2D eigenvalue weighted by atomic mass is 16.2. The first-order valence-electron chi connectivity index (χ1n) is 10.1. The van der Waals surface area contributed by atoms with Crippen molar-refractivity contribution in [3.8, 4) is 0 Å². The zero-order valence-electron chi connectivity index (χ0n) is 16.1. The van der Waals surface area contributed by atoms with Crippen LogP contribution in [0.5, 0.6) is 0 Å². The number of aromatic nitrogens is 2. The number of hydrogen-bond acceptors (Lipinski definition) is 4. The Kier molecular flexibility index (Phi) is 5.43. The summed E-state index contributed by atoms with van der Waals surface area (Å²) in [6.07, 6.45) is 6.70. The van der Waals surface area contributed by atoms with Crippen molar-refractivity contribution in [2.24, 2.45) is 0 Å². The lowest BCUT2D eigenvalue weighted by Crippen LogP contribution is -2.32. The highest BCUT2D eigenvalue weighted by Crippen LogP contribution is 2.25. The lowest BCUT2D eigenvalue weighted by atomic mass is 10.1. The maximum absolute atomic E-state index is 12.9. The van der Waals surface area contributed by atoms with Gasteiger partial charge < -0.3 is 15.1 Å². The smallest absolute Gasteiger partial charge is 0.274 e. The van der Waals surface area contributed by atoms with Crippen LogP contribution in [0.2, 0.25) is 0 Å². The number of nitrogens with zero attached hydrogens (tertiary/aromatic N) is 4. The molecule has 1 atom stereocenters. The van der Waals surface area contributed by atoms with Crippen LogP contribution in [0.4, 0.5) is 5.69 Å². The zero-order valence-corrected chi connectivity index (χ0v) is 16.1. The van der Waals surface area contributed by atoms with Gasteiger partial charge in [-0.2, -0.15) is 5.10 Å². The Hall–Kier alpha value is -2.34. The van der Waals surface area contributed by atoms with E-state index in [0.717, 1.165) is 39.0 Å². The first-order chi connectivity index (χ1) is 13.2. The van der Waals surface area contributed by atoms with Gasteiger partial charge in [-0.1, -0.05) is 18.2 Å². The van der Waals surface area contributed by atoms with Crippen molar-refractivity contribution in [1.29, 1.82) is 0 Å². The average Bonchev–Trinajstić information content (AvgIpc) is 3.41. The molecule has 4 rings (SSSR count). The number of benzene rings is 1. The van der Waals surface area contributed by atoms with E-state index in [1.807, 2.05) is 24.0 Å². The van der Waals surface area contributed by atoms with Crippen LogP contribution in [-0.2, 0) is 6.54 Å². The number of carbonyl (C=O) groups excluding carboxylic acids is 1. The highest BCUT2D eigenvalue weighted by molar-refractivity contribution is 5.92. The van der Waals surface area contributed by atoms with Crippen LogP contribution in [0.1, 0.15) is 47.8 Å². The van der Waals surface area contributed by atoms with Gasteiger partial charge in [-0.3, -0.25) is 9.48 Å². The van der Waals surface area contributed by atoms with Gasteiger partial charge in [0, 0.05) is 45.1 Å². The van der Waals surface area contributed by atoms with Crippen molar-refractivity contribution in [3.05, 3.63) is 47.8 Å². The first kappa shape index (κ1) is 18.0. The maximum Gasteiger partial charge on any atom is 0.274 e. The largest absolute Gasteiger partial charge is 0.371 e. The van der Waals surface area contributed by atoms with Gasteiger partial charge in [0.25, 0.3) is 5.91 Å². The summed E-state index contributed by atoms with van der Waals surface area (Å²) in [5, 5.41) is 7.97. The number of nitrogens with one attached hydrogen (secondary N) is 1. The number of piperidine rings is 1. The number of hydrogen-bond donors (Lipinski definition) is 1. The molecule has 2 saturated heterocycles. The fourth-order valence-corrected chi connectivity index (χ4v) is 4.15. The summed E-state index contributed by atoms with van der Waals surface area (Å²) in [5.41, 5.74) is 2.99. The minimum Gasteiger partial charge on any atom is -0.371 e. The van der Waals surface area contributed by atoms with Gasteiger partial charge in [0.2, 0.25) is 0 Å². The molecule has 2 aliphatic heterocycles. The first-order valence-corrected chi connectivity index (χ1v) is 10.1. The summed E-state index contributed by atoms with van der Waals surface area (Å²) in [5.74, 6) is -0.0197. The molecule has 1 N–H and O–H groups in total. The molecule has 144 valence electrons. The van der Waals surface area contributed by atoms with Crippen LogP contribution in [0.15, 0.2) is 36.5 Å². The summed E-state index contributed by atoms with van der Waals surface area (Å²) < 4.78 is 1.95. The van der Waals surface area contributed by atoms with Crippen molar-refractivity contribution >= 4 is 11.6 Å².